The molecule has 2 atom stereocenters. The van der Waals surface area contributed by atoms with Gasteiger partial charge in [-0.15, -0.1) is 0 Å². The summed E-state index contributed by atoms with van der Waals surface area (Å²) in [5, 5.41) is 10.3. The average molecular weight is 419 g/mol. The number of H-pyrrole nitrogens is 1. The Balaban J connectivity index is 1.69. The van der Waals surface area contributed by atoms with E-state index < -0.39 is 12.1 Å². The third-order valence-electron chi connectivity index (χ3n) is 6.36. The number of ether oxygens (including phenoxy) is 1. The minimum atomic E-state index is -0.582. The molecule has 0 saturated carbocycles. The van der Waals surface area contributed by atoms with Gasteiger partial charge in [0.05, 0.1) is 13.7 Å². The molecule has 2 aliphatic rings. The molecule has 31 heavy (non-hydrogen) atoms. The fourth-order valence-corrected chi connectivity index (χ4v) is 4.99. The Morgan fingerprint density at radius 2 is 1.90 bits per heavy atom. The molecule has 1 aromatic heterocycles. The number of hydrogen-bond acceptors (Lipinski definition) is 4. The summed E-state index contributed by atoms with van der Waals surface area (Å²) in [6, 6.07) is 14.7. The van der Waals surface area contributed by atoms with E-state index in [0.717, 1.165) is 27.7 Å². The van der Waals surface area contributed by atoms with Gasteiger partial charge in [0, 0.05) is 41.7 Å². The Kier molecular flexibility index (Phi) is 4.90. The highest BCUT2D eigenvalue weighted by atomic mass is 16.5. The molecule has 160 valence electrons. The fourth-order valence-electron chi connectivity index (χ4n) is 4.99. The summed E-state index contributed by atoms with van der Waals surface area (Å²) in [6.07, 6.45) is 0.922. The van der Waals surface area contributed by atoms with Crippen LogP contribution in [0.2, 0.25) is 0 Å². The predicted octanol–water partition coefficient (Wildman–Crippen LogP) is 2.24. The summed E-state index contributed by atoms with van der Waals surface area (Å²) in [4.78, 5) is 33.6. The van der Waals surface area contributed by atoms with Crippen LogP contribution in [-0.4, -0.2) is 64.6 Å². The van der Waals surface area contributed by atoms with Gasteiger partial charge < -0.3 is 24.6 Å². The highest BCUT2D eigenvalue weighted by Gasteiger charge is 2.48. The minimum absolute atomic E-state index is 0.0111. The van der Waals surface area contributed by atoms with E-state index in [2.05, 4.69) is 11.1 Å². The van der Waals surface area contributed by atoms with Crippen LogP contribution in [0.25, 0.3) is 10.9 Å². The monoisotopic (exact) mass is 419 g/mol. The third-order valence-corrected chi connectivity index (χ3v) is 6.36. The number of amides is 2. The predicted molar refractivity (Wildman–Crippen MR) is 116 cm³/mol. The van der Waals surface area contributed by atoms with Crippen molar-refractivity contribution in [3.05, 3.63) is 65.4 Å². The lowest BCUT2D eigenvalue weighted by Crippen LogP contribution is -2.63. The van der Waals surface area contributed by atoms with Crippen molar-refractivity contribution in [2.24, 2.45) is 0 Å². The van der Waals surface area contributed by atoms with E-state index >= 15 is 0 Å². The van der Waals surface area contributed by atoms with E-state index in [9.17, 15) is 14.7 Å². The average Bonchev–Trinajstić information content (AvgIpc) is 3.17. The van der Waals surface area contributed by atoms with E-state index in [1.54, 1.807) is 16.9 Å². The SMILES string of the molecule is COc1ccccc1C1c2[nH]c3ccccc3c2CC2C(=O)N(CCCO)CC(=O)N21. The van der Waals surface area contributed by atoms with Gasteiger partial charge >= 0.3 is 0 Å². The maximum Gasteiger partial charge on any atom is 0.246 e. The quantitative estimate of drug-likeness (QED) is 0.664. The number of carbonyl (C=O) groups is 2. The smallest absolute Gasteiger partial charge is 0.246 e. The Hall–Kier alpha value is -3.32. The number of hydrogen-bond donors (Lipinski definition) is 2. The summed E-state index contributed by atoms with van der Waals surface area (Å²) in [5.74, 6) is 0.521. The third kappa shape index (κ3) is 3.08. The molecule has 0 spiro atoms. The molecule has 7 heteroatoms. The van der Waals surface area contributed by atoms with Crippen LogP contribution in [0.4, 0.5) is 0 Å². The van der Waals surface area contributed by atoms with Crippen molar-refractivity contribution in [2.75, 3.05) is 26.8 Å². The highest BCUT2D eigenvalue weighted by molar-refractivity contribution is 5.97. The number of benzene rings is 2. The van der Waals surface area contributed by atoms with Crippen molar-refractivity contribution in [1.82, 2.24) is 14.8 Å². The Bertz CT molecular complexity index is 1150. The number of aliphatic hydroxyl groups is 1. The minimum Gasteiger partial charge on any atom is -0.496 e. The van der Waals surface area contributed by atoms with Crippen molar-refractivity contribution in [2.45, 2.75) is 24.9 Å². The van der Waals surface area contributed by atoms with Crippen LogP contribution in [0.3, 0.4) is 0 Å². The molecule has 3 heterocycles. The van der Waals surface area contributed by atoms with Crippen LogP contribution in [0, 0.1) is 0 Å². The molecule has 0 aliphatic carbocycles. The molecule has 2 unspecified atom stereocenters. The van der Waals surface area contributed by atoms with Gasteiger partial charge in [-0.3, -0.25) is 9.59 Å². The number of nitrogens with one attached hydrogen (secondary N) is 1. The molecule has 1 saturated heterocycles. The fraction of sp³-hybridized carbons (Fsp3) is 0.333. The molecule has 2 amide bonds. The normalized spacial score (nSPS) is 20.7. The lowest BCUT2D eigenvalue weighted by Gasteiger charge is -2.47. The number of nitrogens with zero attached hydrogens (tertiary/aromatic N) is 2. The van der Waals surface area contributed by atoms with Crippen LogP contribution < -0.4 is 4.74 Å². The summed E-state index contributed by atoms with van der Waals surface area (Å²) in [5.41, 5.74) is 3.85. The molecule has 3 aromatic rings. The molecule has 2 aliphatic heterocycles. The largest absolute Gasteiger partial charge is 0.496 e. The zero-order chi connectivity index (χ0) is 21.5. The number of para-hydroxylation sites is 2. The first-order valence-electron chi connectivity index (χ1n) is 10.6. The number of piperazine rings is 1. The lowest BCUT2D eigenvalue weighted by molar-refractivity contribution is -0.158. The molecule has 1 fully saturated rings. The molecular formula is C24H25N3O4. The molecule has 2 N–H and O–H groups in total. The first-order chi connectivity index (χ1) is 15.1. The molecule has 0 radical (unpaired) electrons. The molecule has 5 rings (SSSR count). The summed E-state index contributed by atoms with van der Waals surface area (Å²) in [7, 11) is 1.62. The van der Waals surface area contributed by atoms with E-state index in [4.69, 9.17) is 4.74 Å². The number of carbonyl (C=O) groups excluding carboxylic acids is 2. The molecular weight excluding hydrogens is 394 g/mol. The van der Waals surface area contributed by atoms with Crippen LogP contribution in [-0.2, 0) is 16.0 Å². The van der Waals surface area contributed by atoms with E-state index in [1.165, 1.54) is 0 Å². The first kappa shape index (κ1) is 19.6. The van der Waals surface area contributed by atoms with Gasteiger partial charge in [0.25, 0.3) is 0 Å². The van der Waals surface area contributed by atoms with Gasteiger partial charge in [-0.25, -0.2) is 0 Å². The summed E-state index contributed by atoms with van der Waals surface area (Å²) in [6.45, 7) is 0.394. The summed E-state index contributed by atoms with van der Waals surface area (Å²) < 4.78 is 5.63. The van der Waals surface area contributed by atoms with Crippen LogP contribution in [0.5, 0.6) is 5.75 Å². The lowest BCUT2D eigenvalue weighted by atomic mass is 9.86. The standard InChI is InChI=1S/C24H25N3O4/c1-31-20-10-5-3-8-16(20)23-22-17(15-7-2-4-9-18(15)25-22)13-19-24(30)26(11-6-12-28)14-21(29)27(19)23/h2-5,7-10,19,23,25,28H,6,11-14H2,1H3. The van der Waals surface area contributed by atoms with E-state index in [0.29, 0.717) is 25.1 Å². The Morgan fingerprint density at radius 3 is 2.71 bits per heavy atom. The number of aromatic nitrogens is 1. The van der Waals surface area contributed by atoms with Crippen molar-refractivity contribution in [1.29, 1.82) is 0 Å². The van der Waals surface area contributed by atoms with Gasteiger partial charge in [-0.1, -0.05) is 36.4 Å². The Morgan fingerprint density at radius 1 is 1.13 bits per heavy atom. The van der Waals surface area contributed by atoms with Gasteiger partial charge in [0.1, 0.15) is 17.8 Å². The zero-order valence-electron chi connectivity index (χ0n) is 17.4. The van der Waals surface area contributed by atoms with Crippen molar-refractivity contribution >= 4 is 22.7 Å². The van der Waals surface area contributed by atoms with Crippen LogP contribution in [0.1, 0.15) is 29.3 Å². The second-order valence-electron chi connectivity index (χ2n) is 8.07. The highest BCUT2D eigenvalue weighted by Crippen LogP contribution is 2.44. The second kappa shape index (κ2) is 7.74. The van der Waals surface area contributed by atoms with Gasteiger partial charge in [-0.2, -0.15) is 0 Å². The van der Waals surface area contributed by atoms with Crippen LogP contribution >= 0.6 is 0 Å². The van der Waals surface area contributed by atoms with Crippen molar-refractivity contribution in [3.63, 3.8) is 0 Å². The number of aromatic amines is 1. The van der Waals surface area contributed by atoms with E-state index in [-0.39, 0.29) is 25.0 Å². The number of aliphatic hydroxyl groups excluding tert-OH is 1. The molecule has 7 nitrogen and oxygen atoms in total. The second-order valence-corrected chi connectivity index (χ2v) is 8.07. The topological polar surface area (TPSA) is 85.9 Å². The van der Waals surface area contributed by atoms with Crippen molar-refractivity contribution < 1.29 is 19.4 Å². The maximum absolute atomic E-state index is 13.4. The van der Waals surface area contributed by atoms with E-state index in [1.807, 2.05) is 42.5 Å². The first-order valence-corrected chi connectivity index (χ1v) is 10.6. The van der Waals surface area contributed by atoms with Gasteiger partial charge in [-0.05, 0) is 24.1 Å². The number of fused-ring (bicyclic) bond motifs is 4. The van der Waals surface area contributed by atoms with Gasteiger partial charge in [0.15, 0.2) is 0 Å². The maximum atomic E-state index is 13.4. The number of methoxy groups -OCH3 is 1. The molecule has 2 aromatic carbocycles. The number of rotatable bonds is 5. The zero-order valence-corrected chi connectivity index (χ0v) is 17.4. The van der Waals surface area contributed by atoms with Gasteiger partial charge in [0.2, 0.25) is 11.8 Å². The summed E-state index contributed by atoms with van der Waals surface area (Å²) >= 11 is 0. The van der Waals surface area contributed by atoms with Crippen LogP contribution in [0.15, 0.2) is 48.5 Å². The van der Waals surface area contributed by atoms with Crippen molar-refractivity contribution in [3.8, 4) is 5.75 Å². The Labute approximate surface area is 180 Å². The molecule has 0 bridgehead atoms.